The fourth-order valence-corrected chi connectivity index (χ4v) is 5.21. The maximum Gasteiger partial charge on any atom is 0.530 e. The molecule has 3 heterocycles. The number of carbonyl (C=O) groups excluding carboxylic acids is 4. The number of hydrogen-bond acceptors (Lipinski definition) is 13. The van der Waals surface area contributed by atoms with Crippen LogP contribution in [0.25, 0.3) is 0 Å². The molecule has 1 aromatic heterocycles. The molecule has 2 unspecified atom stereocenters. The molecule has 240 valence electrons. The van der Waals surface area contributed by atoms with Crippen molar-refractivity contribution < 1.29 is 52.3 Å². The maximum absolute atomic E-state index is 13.1. The van der Waals surface area contributed by atoms with Crippen LogP contribution in [0.3, 0.4) is 0 Å². The van der Waals surface area contributed by atoms with Crippen LogP contribution in [0.1, 0.15) is 50.1 Å². The molecule has 2 aromatic rings. The van der Waals surface area contributed by atoms with Crippen LogP contribution in [-0.2, 0) is 39.3 Å². The molecule has 1 fully saturated rings. The molecule has 6 atom stereocenters. The van der Waals surface area contributed by atoms with Gasteiger partial charge in [0.25, 0.3) is 5.91 Å². The molecule has 19 heteroatoms. The normalized spacial score (nSPS) is 25.3. The van der Waals surface area contributed by atoms with Crippen molar-refractivity contribution in [3.05, 3.63) is 35.9 Å². The second-order valence-electron chi connectivity index (χ2n) is 11.1. The second kappa shape index (κ2) is 13.0. The van der Waals surface area contributed by atoms with Gasteiger partial charge in [-0.3, -0.25) is 28.2 Å². The topological polar surface area (TPSA) is 256 Å². The van der Waals surface area contributed by atoms with Gasteiger partial charge < -0.3 is 41.2 Å². The SMILES string of the molecule is C[C@H](NC(=O)C(C)(C)C)C(=O)NCC(=O)Nc1ccc2c(c1)COP(=O)(OCC1O[C@@H](n3cnc(C(N)=O)n3)[C@H](O)[C@@H]1O)O2. The standard InChI is InChI=1S/C25H34N7O11P/c1-12(29-24(38)25(2,3)4)22(37)27-8-17(33)30-14-5-6-15-13(7-14)9-40-44(39,43-15)41-10-16-18(34)19(35)23(42-16)32-11-28-21(31-32)20(26)36/h5-7,11-12,16,18-19,23,34-35H,8-10H2,1-4H3,(H2,26,36)(H,27,37)(H,29,38)(H,30,33)/t12-,16?,18+,19+,23+,44?/m0/s1. The number of benzene rings is 1. The lowest BCUT2D eigenvalue weighted by Crippen LogP contribution is -2.49. The van der Waals surface area contributed by atoms with Crippen LogP contribution in [0, 0.1) is 5.41 Å². The van der Waals surface area contributed by atoms with Crippen molar-refractivity contribution in [2.75, 3.05) is 18.5 Å². The number of carbonyl (C=O) groups is 4. The zero-order chi connectivity index (χ0) is 32.4. The predicted molar refractivity (Wildman–Crippen MR) is 149 cm³/mol. The third kappa shape index (κ3) is 7.77. The van der Waals surface area contributed by atoms with Gasteiger partial charge in [0.05, 0.1) is 19.8 Å². The van der Waals surface area contributed by atoms with E-state index in [0.29, 0.717) is 11.3 Å². The van der Waals surface area contributed by atoms with Gasteiger partial charge in [0.15, 0.2) is 6.23 Å². The van der Waals surface area contributed by atoms with Gasteiger partial charge in [-0.25, -0.2) is 14.2 Å². The molecule has 7 N–H and O–H groups in total. The Morgan fingerprint density at radius 1 is 1.23 bits per heavy atom. The van der Waals surface area contributed by atoms with Crippen LogP contribution in [0.4, 0.5) is 5.69 Å². The Labute approximate surface area is 251 Å². The largest absolute Gasteiger partial charge is 0.530 e. The third-order valence-electron chi connectivity index (χ3n) is 6.50. The number of hydrogen-bond donors (Lipinski definition) is 6. The number of nitrogens with two attached hydrogens (primary N) is 1. The number of amides is 4. The van der Waals surface area contributed by atoms with Crippen LogP contribution < -0.4 is 26.2 Å². The first-order valence-electron chi connectivity index (χ1n) is 13.4. The van der Waals surface area contributed by atoms with Crippen molar-refractivity contribution in [1.82, 2.24) is 25.4 Å². The Balaban J connectivity index is 1.27. The molecule has 1 aromatic carbocycles. The Morgan fingerprint density at radius 3 is 2.61 bits per heavy atom. The van der Waals surface area contributed by atoms with E-state index in [1.807, 2.05) is 0 Å². The number of fused-ring (bicyclic) bond motifs is 1. The molecule has 4 amide bonds. The molecule has 0 spiro atoms. The van der Waals surface area contributed by atoms with Crippen LogP contribution in [0.5, 0.6) is 5.75 Å². The number of aromatic nitrogens is 3. The van der Waals surface area contributed by atoms with E-state index < -0.39 is 68.1 Å². The molecule has 0 radical (unpaired) electrons. The average Bonchev–Trinajstić information content (AvgIpc) is 3.55. The van der Waals surface area contributed by atoms with Crippen molar-refractivity contribution in [2.45, 2.75) is 64.9 Å². The van der Waals surface area contributed by atoms with Crippen LogP contribution in [-0.4, -0.2) is 86.1 Å². The highest BCUT2D eigenvalue weighted by Crippen LogP contribution is 2.55. The average molecular weight is 640 g/mol. The maximum atomic E-state index is 13.1. The van der Waals surface area contributed by atoms with E-state index in [0.717, 1.165) is 11.0 Å². The van der Waals surface area contributed by atoms with E-state index in [-0.39, 0.29) is 30.6 Å². The number of phosphoric acid groups is 1. The summed E-state index contributed by atoms with van der Waals surface area (Å²) in [6.45, 7) is 5.58. The summed E-state index contributed by atoms with van der Waals surface area (Å²) in [5, 5.41) is 32.2. The molecule has 44 heavy (non-hydrogen) atoms. The number of nitrogens with zero attached hydrogens (tertiary/aromatic N) is 3. The number of primary amides is 1. The third-order valence-corrected chi connectivity index (χ3v) is 7.83. The summed E-state index contributed by atoms with van der Waals surface area (Å²) >= 11 is 0. The molecule has 18 nitrogen and oxygen atoms in total. The number of rotatable bonds is 10. The Morgan fingerprint density at radius 2 is 1.95 bits per heavy atom. The van der Waals surface area contributed by atoms with E-state index in [2.05, 4.69) is 26.0 Å². The van der Waals surface area contributed by atoms with Crippen molar-refractivity contribution >= 4 is 37.1 Å². The zero-order valence-electron chi connectivity index (χ0n) is 24.3. The van der Waals surface area contributed by atoms with Crippen molar-refractivity contribution in [2.24, 2.45) is 11.1 Å². The summed E-state index contributed by atoms with van der Waals surface area (Å²) in [6.07, 6.45) is -4.27. The van der Waals surface area contributed by atoms with Crippen LogP contribution in [0.15, 0.2) is 24.5 Å². The van der Waals surface area contributed by atoms with Crippen molar-refractivity contribution in [3.8, 4) is 5.75 Å². The first-order chi connectivity index (χ1) is 20.6. The molecule has 0 saturated carbocycles. The minimum atomic E-state index is -4.17. The number of ether oxygens (including phenoxy) is 1. The van der Waals surface area contributed by atoms with E-state index in [1.54, 1.807) is 20.8 Å². The first kappa shape index (κ1) is 33.0. The van der Waals surface area contributed by atoms with Gasteiger partial charge in [-0.15, -0.1) is 5.10 Å². The van der Waals surface area contributed by atoms with Crippen molar-refractivity contribution in [3.63, 3.8) is 0 Å². The van der Waals surface area contributed by atoms with Gasteiger partial charge in [0.1, 0.15) is 36.4 Å². The molecule has 0 bridgehead atoms. The Hall–Kier alpha value is -3.93. The number of nitrogens with one attached hydrogen (secondary N) is 3. The summed E-state index contributed by atoms with van der Waals surface area (Å²) in [5.41, 5.74) is 5.23. The molecule has 2 aliphatic heterocycles. The Bertz CT molecular complexity index is 1480. The lowest BCUT2D eigenvalue weighted by molar-refractivity contribution is -0.133. The van der Waals surface area contributed by atoms with Gasteiger partial charge in [-0.2, -0.15) is 0 Å². The summed E-state index contributed by atoms with van der Waals surface area (Å²) in [5.74, 6) is -2.43. The number of phosphoric ester groups is 1. The first-order valence-corrected chi connectivity index (χ1v) is 14.8. The quantitative estimate of drug-likeness (QED) is 0.177. The van der Waals surface area contributed by atoms with Gasteiger partial charge in [-0.1, -0.05) is 20.8 Å². The fourth-order valence-electron chi connectivity index (χ4n) is 3.98. The van der Waals surface area contributed by atoms with Gasteiger partial charge >= 0.3 is 7.82 Å². The number of aliphatic hydroxyl groups is 2. The van der Waals surface area contributed by atoms with Crippen LogP contribution in [0.2, 0.25) is 0 Å². The minimum absolute atomic E-state index is 0.154. The zero-order valence-corrected chi connectivity index (χ0v) is 25.1. The smallest absolute Gasteiger partial charge is 0.404 e. The summed E-state index contributed by atoms with van der Waals surface area (Å²) in [6, 6.07) is 3.59. The molecule has 1 saturated heterocycles. The van der Waals surface area contributed by atoms with Crippen LogP contribution >= 0.6 is 7.82 Å². The van der Waals surface area contributed by atoms with Gasteiger partial charge in [0.2, 0.25) is 23.5 Å². The van der Waals surface area contributed by atoms with Crippen molar-refractivity contribution in [1.29, 1.82) is 0 Å². The molecular formula is C25H34N7O11P. The summed E-state index contributed by atoms with van der Waals surface area (Å²) in [7, 11) is -4.17. The highest BCUT2D eigenvalue weighted by molar-refractivity contribution is 7.49. The van der Waals surface area contributed by atoms with Gasteiger partial charge in [-0.05, 0) is 25.1 Å². The van der Waals surface area contributed by atoms with Gasteiger partial charge in [0, 0.05) is 16.7 Å². The number of aliphatic hydroxyl groups excluding tert-OH is 2. The molecule has 0 aliphatic carbocycles. The van der Waals surface area contributed by atoms with E-state index >= 15 is 0 Å². The lowest BCUT2D eigenvalue weighted by atomic mass is 9.95. The molecular weight excluding hydrogens is 605 g/mol. The number of anilines is 1. The second-order valence-corrected chi connectivity index (χ2v) is 12.7. The summed E-state index contributed by atoms with van der Waals surface area (Å²) in [4.78, 5) is 51.6. The predicted octanol–water partition coefficient (Wildman–Crippen LogP) is -0.664. The Kier molecular flexibility index (Phi) is 9.72. The molecule has 2 aliphatic rings. The minimum Gasteiger partial charge on any atom is -0.404 e. The lowest BCUT2D eigenvalue weighted by Gasteiger charge is -2.26. The highest BCUT2D eigenvalue weighted by Gasteiger charge is 2.46. The van der Waals surface area contributed by atoms with E-state index in [9.17, 15) is 34.0 Å². The highest BCUT2D eigenvalue weighted by atomic mass is 31.2. The van der Waals surface area contributed by atoms with E-state index in [1.165, 1.54) is 25.1 Å². The fraction of sp³-hybridized carbons (Fsp3) is 0.520. The van der Waals surface area contributed by atoms with E-state index in [4.69, 9.17) is 24.0 Å². The monoisotopic (exact) mass is 639 g/mol. The molecule has 4 rings (SSSR count). The summed E-state index contributed by atoms with van der Waals surface area (Å²) < 4.78 is 35.7.